The fourth-order valence-electron chi connectivity index (χ4n) is 1.48. The van der Waals surface area contributed by atoms with Crippen molar-refractivity contribution in [2.75, 3.05) is 0 Å². The average Bonchev–Trinajstić information content (AvgIpc) is 2.88. The lowest BCUT2D eigenvalue weighted by molar-refractivity contribution is 0.0959. The van der Waals surface area contributed by atoms with E-state index in [1.54, 1.807) is 31.2 Å². The largest absolute Gasteiger partial charge is 0.507 e. The van der Waals surface area contributed by atoms with Crippen molar-refractivity contribution in [3.05, 3.63) is 50.7 Å². The SMILES string of the molecule is Cc1cc(Cl)cc(/C=N/NC(=O)c2cccs2)c1O. The van der Waals surface area contributed by atoms with Crippen LogP contribution in [0.1, 0.15) is 20.8 Å². The molecule has 6 heteroatoms. The third-order valence-electron chi connectivity index (χ3n) is 2.41. The summed E-state index contributed by atoms with van der Waals surface area (Å²) in [6.45, 7) is 1.74. The number of amides is 1. The molecule has 0 radical (unpaired) electrons. The normalized spacial score (nSPS) is 10.8. The molecule has 0 aliphatic carbocycles. The van der Waals surface area contributed by atoms with Crippen LogP contribution in [0.5, 0.6) is 5.75 Å². The number of nitrogens with one attached hydrogen (secondary N) is 1. The van der Waals surface area contributed by atoms with Gasteiger partial charge in [-0.1, -0.05) is 17.7 Å². The van der Waals surface area contributed by atoms with Gasteiger partial charge in [0.15, 0.2) is 0 Å². The summed E-state index contributed by atoms with van der Waals surface area (Å²) in [5.41, 5.74) is 3.49. The minimum Gasteiger partial charge on any atom is -0.507 e. The number of hydrazone groups is 1. The number of benzene rings is 1. The molecule has 1 heterocycles. The van der Waals surface area contributed by atoms with Gasteiger partial charge in [0, 0.05) is 10.6 Å². The van der Waals surface area contributed by atoms with Crippen molar-refractivity contribution < 1.29 is 9.90 Å². The van der Waals surface area contributed by atoms with Crippen LogP contribution in [-0.2, 0) is 0 Å². The zero-order chi connectivity index (χ0) is 13.8. The van der Waals surface area contributed by atoms with Crippen LogP contribution >= 0.6 is 22.9 Å². The van der Waals surface area contributed by atoms with Crippen molar-refractivity contribution >= 4 is 35.1 Å². The van der Waals surface area contributed by atoms with E-state index in [4.69, 9.17) is 11.6 Å². The van der Waals surface area contributed by atoms with Gasteiger partial charge in [-0.15, -0.1) is 11.3 Å². The van der Waals surface area contributed by atoms with Gasteiger partial charge in [-0.2, -0.15) is 5.10 Å². The molecule has 0 aliphatic rings. The highest BCUT2D eigenvalue weighted by molar-refractivity contribution is 7.12. The summed E-state index contributed by atoms with van der Waals surface area (Å²) >= 11 is 7.22. The van der Waals surface area contributed by atoms with Crippen LogP contribution in [-0.4, -0.2) is 17.2 Å². The number of halogens is 1. The summed E-state index contributed by atoms with van der Waals surface area (Å²) in [5, 5.41) is 15.9. The van der Waals surface area contributed by atoms with Crippen LogP contribution in [0.4, 0.5) is 0 Å². The first-order valence-corrected chi connectivity index (χ1v) is 6.69. The van der Waals surface area contributed by atoms with E-state index in [-0.39, 0.29) is 11.7 Å². The molecule has 0 saturated carbocycles. The summed E-state index contributed by atoms with van der Waals surface area (Å²) in [4.78, 5) is 12.2. The van der Waals surface area contributed by atoms with Gasteiger partial charge in [0.25, 0.3) is 5.91 Å². The van der Waals surface area contributed by atoms with Gasteiger partial charge in [-0.25, -0.2) is 5.43 Å². The van der Waals surface area contributed by atoms with Crippen molar-refractivity contribution in [3.8, 4) is 5.75 Å². The smallest absolute Gasteiger partial charge is 0.281 e. The molecule has 0 atom stereocenters. The zero-order valence-electron chi connectivity index (χ0n) is 10.1. The lowest BCUT2D eigenvalue weighted by Crippen LogP contribution is -2.16. The second-order valence-corrected chi connectivity index (χ2v) is 5.22. The molecule has 1 amide bonds. The number of nitrogens with zero attached hydrogens (tertiary/aromatic N) is 1. The third-order valence-corrected chi connectivity index (χ3v) is 3.50. The molecule has 4 nitrogen and oxygen atoms in total. The molecule has 0 spiro atoms. The van der Waals surface area contributed by atoms with Crippen LogP contribution in [0.2, 0.25) is 5.02 Å². The number of hydrogen-bond donors (Lipinski definition) is 2. The molecule has 2 N–H and O–H groups in total. The van der Waals surface area contributed by atoms with E-state index >= 15 is 0 Å². The molecule has 1 aromatic carbocycles. The summed E-state index contributed by atoms with van der Waals surface area (Å²) in [7, 11) is 0. The Hall–Kier alpha value is -1.85. The van der Waals surface area contributed by atoms with Gasteiger partial charge in [0.1, 0.15) is 5.75 Å². The predicted octanol–water partition coefficient (Wildman–Crippen LogP) is 3.18. The Morgan fingerprint density at radius 2 is 2.32 bits per heavy atom. The molecule has 0 bridgehead atoms. The minimum absolute atomic E-state index is 0.0959. The third kappa shape index (κ3) is 3.33. The lowest BCUT2D eigenvalue weighted by atomic mass is 10.1. The first-order chi connectivity index (χ1) is 9.08. The Bertz CT molecular complexity index is 624. The molecule has 2 rings (SSSR count). The highest BCUT2D eigenvalue weighted by atomic mass is 35.5. The maximum absolute atomic E-state index is 11.6. The van der Waals surface area contributed by atoms with Gasteiger partial charge in [0.2, 0.25) is 0 Å². The quantitative estimate of drug-likeness (QED) is 0.674. The van der Waals surface area contributed by atoms with Crippen molar-refractivity contribution in [2.24, 2.45) is 5.10 Å². The van der Waals surface area contributed by atoms with E-state index in [9.17, 15) is 9.90 Å². The number of hydrogen-bond acceptors (Lipinski definition) is 4. The van der Waals surface area contributed by atoms with Crippen LogP contribution in [0.25, 0.3) is 0 Å². The molecular formula is C13H11ClN2O2S. The van der Waals surface area contributed by atoms with E-state index in [0.29, 0.717) is 21.0 Å². The Kier molecular flexibility index (Phi) is 4.19. The van der Waals surface area contributed by atoms with Gasteiger partial charge in [-0.3, -0.25) is 4.79 Å². The first kappa shape index (κ1) is 13.6. The standard InChI is InChI=1S/C13H11ClN2O2S/c1-8-5-10(14)6-9(12(8)17)7-15-16-13(18)11-3-2-4-19-11/h2-7,17H,1H3,(H,16,18)/b15-7+. The molecule has 2 aromatic rings. The van der Waals surface area contributed by atoms with Crippen molar-refractivity contribution in [3.63, 3.8) is 0 Å². The zero-order valence-corrected chi connectivity index (χ0v) is 11.6. The average molecular weight is 295 g/mol. The van der Waals surface area contributed by atoms with Gasteiger partial charge in [-0.05, 0) is 36.1 Å². The monoisotopic (exact) mass is 294 g/mol. The lowest BCUT2D eigenvalue weighted by Gasteiger charge is -2.03. The Morgan fingerprint density at radius 3 is 3.00 bits per heavy atom. The molecular weight excluding hydrogens is 284 g/mol. The summed E-state index contributed by atoms with van der Waals surface area (Å²) < 4.78 is 0. The highest BCUT2D eigenvalue weighted by Crippen LogP contribution is 2.24. The van der Waals surface area contributed by atoms with Gasteiger partial charge < -0.3 is 5.11 Å². The summed E-state index contributed by atoms with van der Waals surface area (Å²) in [5.74, 6) is -0.192. The second-order valence-electron chi connectivity index (χ2n) is 3.84. The van der Waals surface area contributed by atoms with Crippen molar-refractivity contribution in [1.29, 1.82) is 0 Å². The highest BCUT2D eigenvalue weighted by Gasteiger charge is 2.06. The number of aromatic hydroxyl groups is 1. The number of aryl methyl sites for hydroxylation is 1. The van der Waals surface area contributed by atoms with Gasteiger partial charge in [0.05, 0.1) is 11.1 Å². The van der Waals surface area contributed by atoms with Crippen LogP contribution < -0.4 is 5.43 Å². The van der Waals surface area contributed by atoms with Gasteiger partial charge >= 0.3 is 0 Å². The topological polar surface area (TPSA) is 61.7 Å². The number of phenols is 1. The van der Waals surface area contributed by atoms with E-state index < -0.39 is 0 Å². The number of carbonyl (C=O) groups is 1. The van der Waals surface area contributed by atoms with Crippen molar-refractivity contribution in [1.82, 2.24) is 5.43 Å². The van der Waals surface area contributed by atoms with E-state index in [1.165, 1.54) is 17.6 Å². The maximum Gasteiger partial charge on any atom is 0.281 e. The molecule has 0 aliphatic heterocycles. The molecule has 19 heavy (non-hydrogen) atoms. The fourth-order valence-corrected chi connectivity index (χ4v) is 2.38. The number of rotatable bonds is 3. The predicted molar refractivity (Wildman–Crippen MR) is 77.2 cm³/mol. The summed E-state index contributed by atoms with van der Waals surface area (Å²) in [6, 6.07) is 6.72. The Balaban J connectivity index is 2.09. The van der Waals surface area contributed by atoms with E-state index in [0.717, 1.165) is 0 Å². The summed E-state index contributed by atoms with van der Waals surface area (Å²) in [6.07, 6.45) is 1.36. The molecule has 0 fully saturated rings. The molecule has 1 aromatic heterocycles. The van der Waals surface area contributed by atoms with Crippen molar-refractivity contribution in [2.45, 2.75) is 6.92 Å². The van der Waals surface area contributed by atoms with Crippen LogP contribution in [0.15, 0.2) is 34.7 Å². The maximum atomic E-state index is 11.6. The minimum atomic E-state index is -0.288. The number of carbonyl (C=O) groups excluding carboxylic acids is 1. The first-order valence-electron chi connectivity index (χ1n) is 5.44. The number of thiophene rings is 1. The fraction of sp³-hybridized carbons (Fsp3) is 0.0769. The molecule has 98 valence electrons. The Labute approximate surface area is 119 Å². The van der Waals surface area contributed by atoms with E-state index in [1.807, 2.05) is 5.38 Å². The number of phenolic OH excluding ortho intramolecular Hbond substituents is 1. The van der Waals surface area contributed by atoms with E-state index in [2.05, 4.69) is 10.5 Å². The second kappa shape index (κ2) is 5.86. The van der Waals surface area contributed by atoms with Crippen LogP contribution in [0, 0.1) is 6.92 Å². The molecule has 0 unspecified atom stereocenters. The molecule has 0 saturated heterocycles. The van der Waals surface area contributed by atoms with Crippen LogP contribution in [0.3, 0.4) is 0 Å². The Morgan fingerprint density at radius 1 is 1.53 bits per heavy atom.